The minimum absolute atomic E-state index is 0.0671. The van der Waals surface area contributed by atoms with E-state index >= 15 is 0 Å². The molecule has 1 saturated heterocycles. The minimum atomic E-state index is 0.0671. The average molecular weight is 361 g/mol. The number of piperazine rings is 1. The Morgan fingerprint density at radius 2 is 1.84 bits per heavy atom. The van der Waals surface area contributed by atoms with Crippen LogP contribution >= 0.6 is 11.6 Å². The van der Waals surface area contributed by atoms with E-state index in [-0.39, 0.29) is 12.5 Å². The molecule has 1 aromatic rings. The summed E-state index contributed by atoms with van der Waals surface area (Å²) in [6, 6.07) is 7.12. The molecule has 25 heavy (non-hydrogen) atoms. The number of halogens is 1. The number of amides is 1. The number of carbonyl (C=O) groups excluding carboxylic acids is 1. The molecule has 0 aromatic heterocycles. The van der Waals surface area contributed by atoms with Crippen molar-refractivity contribution in [2.24, 2.45) is 17.8 Å². The highest BCUT2D eigenvalue weighted by Gasteiger charge is 2.36. The highest BCUT2D eigenvalue weighted by atomic mass is 35.5. The number of allylic oxidation sites excluding steroid dienone is 2. The first-order valence-corrected chi connectivity index (χ1v) is 9.62. The van der Waals surface area contributed by atoms with E-state index in [2.05, 4.69) is 17.1 Å². The molecule has 1 aliphatic heterocycles. The second-order valence-electron chi connectivity index (χ2n) is 7.46. The molecule has 3 aliphatic rings. The summed E-state index contributed by atoms with van der Waals surface area (Å²) in [4.78, 5) is 16.8. The molecule has 2 aliphatic carbocycles. The summed E-state index contributed by atoms with van der Waals surface area (Å²) in [6.07, 6.45) is 7.55. The van der Waals surface area contributed by atoms with E-state index in [1.54, 1.807) is 24.3 Å². The largest absolute Gasteiger partial charge is 0.484 e. The van der Waals surface area contributed by atoms with E-state index in [4.69, 9.17) is 16.3 Å². The van der Waals surface area contributed by atoms with Gasteiger partial charge in [-0.3, -0.25) is 9.69 Å². The van der Waals surface area contributed by atoms with Gasteiger partial charge >= 0.3 is 0 Å². The fraction of sp³-hybridized carbons (Fsp3) is 0.550. The van der Waals surface area contributed by atoms with E-state index in [0.717, 1.165) is 43.9 Å². The minimum Gasteiger partial charge on any atom is -0.484 e. The third-order valence-electron chi connectivity index (χ3n) is 5.81. The maximum Gasteiger partial charge on any atom is 0.260 e. The lowest BCUT2D eigenvalue weighted by Crippen LogP contribution is -2.51. The molecule has 2 fully saturated rings. The van der Waals surface area contributed by atoms with Crippen LogP contribution in [0.3, 0.4) is 0 Å². The van der Waals surface area contributed by atoms with Gasteiger partial charge in [-0.1, -0.05) is 23.8 Å². The molecule has 0 radical (unpaired) electrons. The molecule has 4 rings (SSSR count). The van der Waals surface area contributed by atoms with Crippen LogP contribution in [0.15, 0.2) is 36.4 Å². The molecule has 5 heteroatoms. The Labute approximate surface area is 154 Å². The summed E-state index contributed by atoms with van der Waals surface area (Å²) < 4.78 is 5.57. The fourth-order valence-corrected chi connectivity index (χ4v) is 4.51. The van der Waals surface area contributed by atoms with Crippen LogP contribution in [-0.4, -0.2) is 55.0 Å². The molecule has 2 bridgehead atoms. The number of fused-ring (bicyclic) bond motifs is 2. The molecule has 4 nitrogen and oxygen atoms in total. The third kappa shape index (κ3) is 4.01. The first-order chi connectivity index (χ1) is 12.2. The monoisotopic (exact) mass is 360 g/mol. The van der Waals surface area contributed by atoms with Crippen LogP contribution in [-0.2, 0) is 4.79 Å². The van der Waals surface area contributed by atoms with Gasteiger partial charge in [0.2, 0.25) is 0 Å². The van der Waals surface area contributed by atoms with Gasteiger partial charge in [0.25, 0.3) is 5.91 Å². The lowest BCUT2D eigenvalue weighted by Gasteiger charge is -2.36. The Bertz CT molecular complexity index is 638. The molecule has 1 saturated carbocycles. The second-order valence-corrected chi connectivity index (χ2v) is 7.90. The quantitative estimate of drug-likeness (QED) is 0.756. The number of rotatable bonds is 5. The van der Waals surface area contributed by atoms with Crippen LogP contribution in [0.25, 0.3) is 0 Å². The summed E-state index contributed by atoms with van der Waals surface area (Å²) in [5.41, 5.74) is 0. The van der Waals surface area contributed by atoms with Crippen LogP contribution in [0.2, 0.25) is 5.02 Å². The number of hydrogen-bond donors (Lipinski definition) is 0. The van der Waals surface area contributed by atoms with Crippen molar-refractivity contribution in [3.05, 3.63) is 41.4 Å². The highest BCUT2D eigenvalue weighted by molar-refractivity contribution is 6.30. The fourth-order valence-electron chi connectivity index (χ4n) is 4.38. The summed E-state index contributed by atoms with van der Waals surface area (Å²) in [7, 11) is 0. The van der Waals surface area contributed by atoms with Gasteiger partial charge in [0.05, 0.1) is 0 Å². The summed E-state index contributed by atoms with van der Waals surface area (Å²) in [6.45, 7) is 4.85. The predicted molar refractivity (Wildman–Crippen MR) is 98.8 cm³/mol. The van der Waals surface area contributed by atoms with Crippen molar-refractivity contribution in [2.75, 3.05) is 39.3 Å². The number of ether oxygens (including phenoxy) is 1. The average Bonchev–Trinajstić information content (AvgIpc) is 3.25. The molecular weight excluding hydrogens is 336 g/mol. The first-order valence-electron chi connectivity index (χ1n) is 9.24. The molecule has 3 atom stereocenters. The van der Waals surface area contributed by atoms with Crippen molar-refractivity contribution in [3.8, 4) is 5.75 Å². The van der Waals surface area contributed by atoms with Crippen molar-refractivity contribution < 1.29 is 9.53 Å². The molecule has 1 heterocycles. The van der Waals surface area contributed by atoms with E-state index in [0.29, 0.717) is 10.8 Å². The van der Waals surface area contributed by atoms with E-state index in [9.17, 15) is 4.79 Å². The molecule has 1 amide bonds. The standard InChI is InChI=1S/C20H25ClN2O2/c21-18-3-5-19(6-4-18)25-14-20(24)23-9-7-22(8-10-23)13-17-12-15-1-2-16(17)11-15/h1-6,15-17H,7-14H2/t15-,16-,17-/m0/s1. The van der Waals surface area contributed by atoms with E-state index in [1.165, 1.54) is 19.4 Å². The van der Waals surface area contributed by atoms with Gasteiger partial charge in [-0.25, -0.2) is 0 Å². The summed E-state index contributed by atoms with van der Waals surface area (Å²) >= 11 is 5.85. The lowest BCUT2D eigenvalue weighted by atomic mass is 9.93. The molecule has 1 aromatic carbocycles. The van der Waals surface area contributed by atoms with Crippen molar-refractivity contribution in [3.63, 3.8) is 0 Å². The molecular formula is C20H25ClN2O2. The number of benzene rings is 1. The van der Waals surface area contributed by atoms with Gasteiger partial charge in [0.1, 0.15) is 5.75 Å². The number of carbonyl (C=O) groups is 1. The molecule has 134 valence electrons. The Kier molecular flexibility index (Phi) is 5.00. The SMILES string of the molecule is O=C(COc1ccc(Cl)cc1)N1CCN(C[C@@H]2C[C@H]3C=C[C@H]2C3)CC1. The van der Waals surface area contributed by atoms with E-state index in [1.807, 2.05) is 4.90 Å². The van der Waals surface area contributed by atoms with Crippen LogP contribution in [0.5, 0.6) is 5.75 Å². The molecule has 0 spiro atoms. The Balaban J connectivity index is 1.19. The topological polar surface area (TPSA) is 32.8 Å². The third-order valence-corrected chi connectivity index (χ3v) is 6.06. The van der Waals surface area contributed by atoms with Crippen molar-refractivity contribution in [1.29, 1.82) is 0 Å². The van der Waals surface area contributed by atoms with Gasteiger partial charge < -0.3 is 9.64 Å². The van der Waals surface area contributed by atoms with Gasteiger partial charge in [0, 0.05) is 37.7 Å². The Morgan fingerprint density at radius 3 is 2.48 bits per heavy atom. The van der Waals surface area contributed by atoms with Crippen LogP contribution in [0.1, 0.15) is 12.8 Å². The van der Waals surface area contributed by atoms with Gasteiger partial charge in [-0.2, -0.15) is 0 Å². The highest BCUT2D eigenvalue weighted by Crippen LogP contribution is 2.43. The second kappa shape index (κ2) is 7.38. The van der Waals surface area contributed by atoms with Crippen LogP contribution in [0, 0.1) is 17.8 Å². The van der Waals surface area contributed by atoms with Crippen LogP contribution in [0.4, 0.5) is 0 Å². The maximum atomic E-state index is 12.3. The normalized spacial score (nSPS) is 28.5. The predicted octanol–water partition coefficient (Wildman–Crippen LogP) is 3.08. The number of nitrogens with zero attached hydrogens (tertiary/aromatic N) is 2. The molecule has 0 N–H and O–H groups in total. The molecule has 0 unspecified atom stereocenters. The smallest absolute Gasteiger partial charge is 0.260 e. The van der Waals surface area contributed by atoms with Crippen molar-refractivity contribution in [1.82, 2.24) is 9.80 Å². The lowest BCUT2D eigenvalue weighted by molar-refractivity contribution is -0.135. The van der Waals surface area contributed by atoms with Crippen LogP contribution < -0.4 is 4.74 Å². The van der Waals surface area contributed by atoms with Gasteiger partial charge in [0.15, 0.2) is 6.61 Å². The van der Waals surface area contributed by atoms with Gasteiger partial charge in [-0.05, 0) is 54.9 Å². The zero-order chi connectivity index (χ0) is 17.2. The van der Waals surface area contributed by atoms with Crippen molar-refractivity contribution >= 4 is 17.5 Å². The summed E-state index contributed by atoms with van der Waals surface area (Å²) in [5.74, 6) is 3.21. The van der Waals surface area contributed by atoms with E-state index < -0.39 is 0 Å². The summed E-state index contributed by atoms with van der Waals surface area (Å²) in [5, 5.41) is 0.667. The first kappa shape index (κ1) is 16.9. The maximum absolute atomic E-state index is 12.3. The zero-order valence-electron chi connectivity index (χ0n) is 14.4. The Hall–Kier alpha value is -1.52. The Morgan fingerprint density at radius 1 is 1.08 bits per heavy atom. The van der Waals surface area contributed by atoms with Crippen molar-refractivity contribution in [2.45, 2.75) is 12.8 Å². The van der Waals surface area contributed by atoms with Gasteiger partial charge in [-0.15, -0.1) is 0 Å². The zero-order valence-corrected chi connectivity index (χ0v) is 15.2. The number of hydrogen-bond acceptors (Lipinski definition) is 3.